The minimum atomic E-state index is -0.804. The number of hydrogen-bond acceptors (Lipinski definition) is 4. The van der Waals surface area contributed by atoms with Gasteiger partial charge >= 0.3 is 5.97 Å². The van der Waals surface area contributed by atoms with Crippen molar-refractivity contribution in [1.29, 1.82) is 0 Å². The highest BCUT2D eigenvalue weighted by atomic mass is 35.5. The number of carbonyl (C=O) groups is 2. The summed E-state index contributed by atoms with van der Waals surface area (Å²) in [6.07, 6.45) is 0.568. The number of carboxylic acid groups (broad SMARTS) is 1. The van der Waals surface area contributed by atoms with Crippen molar-refractivity contribution < 1.29 is 19.4 Å². The van der Waals surface area contributed by atoms with Crippen LogP contribution >= 0.6 is 11.6 Å². The van der Waals surface area contributed by atoms with Gasteiger partial charge in [0.25, 0.3) is 0 Å². The molecule has 2 rings (SSSR count). The van der Waals surface area contributed by atoms with Crippen LogP contribution in [0, 0.1) is 5.41 Å². The number of aliphatic carboxylic acids is 1. The van der Waals surface area contributed by atoms with Gasteiger partial charge in [0.2, 0.25) is 5.91 Å². The lowest BCUT2D eigenvalue weighted by molar-refractivity contribution is -0.147. The number of likely N-dealkylation sites (N-methyl/N-ethyl adjacent to an activating group) is 1. The Kier molecular flexibility index (Phi) is 6.07. The monoisotopic (exact) mass is 354 g/mol. The molecule has 6 nitrogen and oxygen atoms in total. The molecule has 1 N–H and O–H groups in total. The maximum Gasteiger partial charge on any atom is 0.310 e. The van der Waals surface area contributed by atoms with Crippen molar-refractivity contribution in [1.82, 2.24) is 9.80 Å². The van der Waals surface area contributed by atoms with Gasteiger partial charge in [0.15, 0.2) is 0 Å². The van der Waals surface area contributed by atoms with E-state index in [9.17, 15) is 14.7 Å². The van der Waals surface area contributed by atoms with Crippen molar-refractivity contribution in [3.05, 3.63) is 29.3 Å². The van der Waals surface area contributed by atoms with Gasteiger partial charge in [-0.3, -0.25) is 14.5 Å². The first-order chi connectivity index (χ1) is 11.3. The predicted octanol–water partition coefficient (Wildman–Crippen LogP) is 1.97. The molecule has 1 saturated heterocycles. The van der Waals surface area contributed by atoms with Gasteiger partial charge in [-0.15, -0.1) is 0 Å². The summed E-state index contributed by atoms with van der Waals surface area (Å²) >= 11 is 5.81. The number of halogens is 1. The zero-order chi connectivity index (χ0) is 17.7. The maximum absolute atomic E-state index is 12.2. The second kappa shape index (κ2) is 7.85. The number of rotatable bonds is 7. The number of likely N-dealkylation sites (tertiary alicyclic amines) is 1. The number of carbonyl (C=O) groups excluding carboxylic acids is 1. The van der Waals surface area contributed by atoms with Gasteiger partial charge in [0.1, 0.15) is 12.4 Å². The molecule has 0 aromatic heterocycles. The van der Waals surface area contributed by atoms with E-state index in [0.717, 1.165) is 0 Å². The number of nitrogens with zero attached hydrogens (tertiary/aromatic N) is 2. The summed E-state index contributed by atoms with van der Waals surface area (Å²) in [5.74, 6) is -0.136. The van der Waals surface area contributed by atoms with Gasteiger partial charge in [-0.2, -0.15) is 0 Å². The van der Waals surface area contributed by atoms with Crippen LogP contribution in [0.3, 0.4) is 0 Å². The quantitative estimate of drug-likeness (QED) is 0.810. The largest absolute Gasteiger partial charge is 0.492 e. The number of carboxylic acids is 1. The van der Waals surface area contributed by atoms with E-state index in [-0.39, 0.29) is 12.5 Å². The third-order valence-electron chi connectivity index (χ3n) is 4.36. The lowest BCUT2D eigenvalue weighted by Crippen LogP contribution is -2.40. The first-order valence-electron chi connectivity index (χ1n) is 7.88. The summed E-state index contributed by atoms with van der Waals surface area (Å²) in [6, 6.07) is 7.05. The topological polar surface area (TPSA) is 70.1 Å². The lowest BCUT2D eigenvalue weighted by Gasteiger charge is -2.23. The molecule has 0 radical (unpaired) electrons. The molecule has 24 heavy (non-hydrogen) atoms. The first-order valence-corrected chi connectivity index (χ1v) is 8.26. The fourth-order valence-electron chi connectivity index (χ4n) is 2.63. The number of hydrogen-bond donors (Lipinski definition) is 1. The van der Waals surface area contributed by atoms with Crippen molar-refractivity contribution in [2.75, 3.05) is 39.8 Å². The van der Waals surface area contributed by atoms with Crippen LogP contribution in [0.15, 0.2) is 24.3 Å². The Morgan fingerprint density at radius 3 is 2.62 bits per heavy atom. The van der Waals surface area contributed by atoms with Crippen molar-refractivity contribution in [2.24, 2.45) is 5.41 Å². The normalized spacial score (nSPS) is 20.8. The minimum absolute atomic E-state index is 0.0376. The van der Waals surface area contributed by atoms with E-state index in [1.165, 1.54) is 0 Å². The molecule has 1 fully saturated rings. The Balaban J connectivity index is 1.72. The van der Waals surface area contributed by atoms with E-state index in [4.69, 9.17) is 16.3 Å². The van der Waals surface area contributed by atoms with Crippen LogP contribution in [-0.2, 0) is 9.59 Å². The average Bonchev–Trinajstić information content (AvgIpc) is 2.91. The van der Waals surface area contributed by atoms with E-state index < -0.39 is 11.4 Å². The molecule has 7 heteroatoms. The molecule has 132 valence electrons. The van der Waals surface area contributed by atoms with E-state index >= 15 is 0 Å². The van der Waals surface area contributed by atoms with Crippen LogP contribution in [0.25, 0.3) is 0 Å². The van der Waals surface area contributed by atoms with E-state index in [1.54, 1.807) is 43.1 Å². The van der Waals surface area contributed by atoms with Crippen LogP contribution < -0.4 is 4.74 Å². The molecule has 1 unspecified atom stereocenters. The molecular weight excluding hydrogens is 332 g/mol. The molecule has 0 bridgehead atoms. The molecule has 1 aromatic rings. The van der Waals surface area contributed by atoms with Gasteiger partial charge in [-0.05, 0) is 44.2 Å². The van der Waals surface area contributed by atoms with Crippen LogP contribution in [0.5, 0.6) is 5.75 Å². The Hall–Kier alpha value is -1.79. The smallest absolute Gasteiger partial charge is 0.310 e. The van der Waals surface area contributed by atoms with Crippen molar-refractivity contribution in [3.63, 3.8) is 0 Å². The Labute approximate surface area is 146 Å². The SMILES string of the molecule is CN(CCOc1ccc(Cl)cc1)C(=O)CN1CCC(C)(C(=O)O)C1. The molecule has 0 spiro atoms. The first kappa shape index (κ1) is 18.5. The predicted molar refractivity (Wildman–Crippen MR) is 91.4 cm³/mol. The van der Waals surface area contributed by atoms with Crippen LogP contribution in [0.1, 0.15) is 13.3 Å². The lowest BCUT2D eigenvalue weighted by atomic mass is 9.90. The Morgan fingerprint density at radius 1 is 1.38 bits per heavy atom. The Bertz CT molecular complexity index is 593. The summed E-state index contributed by atoms with van der Waals surface area (Å²) in [7, 11) is 1.72. The third kappa shape index (κ3) is 4.85. The van der Waals surface area contributed by atoms with Crippen molar-refractivity contribution in [2.45, 2.75) is 13.3 Å². The summed E-state index contributed by atoms with van der Waals surface area (Å²) in [5, 5.41) is 9.88. The van der Waals surface area contributed by atoms with Gasteiger partial charge < -0.3 is 14.7 Å². The fraction of sp³-hybridized carbons (Fsp3) is 0.529. The van der Waals surface area contributed by atoms with E-state index in [1.807, 2.05) is 4.90 Å². The molecule has 1 aromatic carbocycles. The highest BCUT2D eigenvalue weighted by Gasteiger charge is 2.40. The van der Waals surface area contributed by atoms with Crippen LogP contribution in [-0.4, -0.2) is 66.6 Å². The van der Waals surface area contributed by atoms with Crippen LogP contribution in [0.2, 0.25) is 5.02 Å². The number of ether oxygens (including phenoxy) is 1. The molecule has 0 aliphatic carbocycles. The Morgan fingerprint density at radius 2 is 2.04 bits per heavy atom. The van der Waals surface area contributed by atoms with Gasteiger partial charge in [-0.1, -0.05) is 11.6 Å². The fourth-order valence-corrected chi connectivity index (χ4v) is 2.76. The minimum Gasteiger partial charge on any atom is -0.492 e. The van der Waals surface area contributed by atoms with Gasteiger partial charge in [-0.25, -0.2) is 0 Å². The van der Waals surface area contributed by atoms with Crippen molar-refractivity contribution in [3.8, 4) is 5.75 Å². The standard InChI is InChI=1S/C17H23ClN2O4/c1-17(16(22)23)7-8-20(12-17)11-15(21)19(2)9-10-24-14-5-3-13(18)4-6-14/h3-6H,7-12H2,1-2H3,(H,22,23). The molecule has 1 amide bonds. The second-order valence-electron chi connectivity index (χ2n) is 6.44. The van der Waals surface area contributed by atoms with E-state index in [2.05, 4.69) is 0 Å². The zero-order valence-electron chi connectivity index (χ0n) is 14.0. The second-order valence-corrected chi connectivity index (χ2v) is 6.88. The van der Waals surface area contributed by atoms with Crippen molar-refractivity contribution >= 4 is 23.5 Å². The molecule has 0 saturated carbocycles. The van der Waals surface area contributed by atoms with Crippen LogP contribution in [0.4, 0.5) is 0 Å². The molecule has 1 heterocycles. The van der Waals surface area contributed by atoms with E-state index in [0.29, 0.717) is 43.4 Å². The summed E-state index contributed by atoms with van der Waals surface area (Å²) in [4.78, 5) is 27.0. The highest BCUT2D eigenvalue weighted by Crippen LogP contribution is 2.29. The average molecular weight is 355 g/mol. The molecule has 1 aliphatic rings. The molecule has 1 aliphatic heterocycles. The zero-order valence-corrected chi connectivity index (χ0v) is 14.8. The summed E-state index contributed by atoms with van der Waals surface area (Å²) in [6.45, 7) is 3.85. The summed E-state index contributed by atoms with van der Waals surface area (Å²) in [5.41, 5.74) is -0.753. The number of benzene rings is 1. The molecular formula is C17H23ClN2O4. The number of amides is 1. The molecule has 1 atom stereocenters. The maximum atomic E-state index is 12.2. The van der Waals surface area contributed by atoms with Gasteiger partial charge in [0.05, 0.1) is 18.5 Å². The third-order valence-corrected chi connectivity index (χ3v) is 4.61. The summed E-state index contributed by atoms with van der Waals surface area (Å²) < 4.78 is 5.57. The highest BCUT2D eigenvalue weighted by molar-refractivity contribution is 6.30. The van der Waals surface area contributed by atoms with Gasteiger partial charge in [0, 0.05) is 18.6 Å².